The first-order valence-electron chi connectivity index (χ1n) is 8.68. The van der Waals surface area contributed by atoms with Crippen LogP contribution in [0, 0.1) is 0 Å². The van der Waals surface area contributed by atoms with Crippen LogP contribution in [-0.4, -0.2) is 50.7 Å². The van der Waals surface area contributed by atoms with Crippen LogP contribution in [0.1, 0.15) is 24.9 Å². The Kier molecular flexibility index (Phi) is 4.62. The van der Waals surface area contributed by atoms with Gasteiger partial charge in [0.25, 0.3) is 0 Å². The molecule has 1 fully saturated rings. The third kappa shape index (κ3) is 3.43. The van der Waals surface area contributed by atoms with E-state index in [1.165, 1.54) is 0 Å². The monoisotopic (exact) mass is 397 g/mol. The molecule has 4 heterocycles. The highest BCUT2D eigenvalue weighted by Crippen LogP contribution is 2.33. The molecule has 1 saturated heterocycles. The van der Waals surface area contributed by atoms with E-state index in [0.717, 1.165) is 47.7 Å². The normalized spacial score (nSPS) is 16.1. The van der Waals surface area contributed by atoms with Gasteiger partial charge in [-0.25, -0.2) is 9.97 Å². The molecule has 1 aliphatic heterocycles. The second-order valence-electron chi connectivity index (χ2n) is 6.25. The molecule has 4 rings (SSSR count). The number of aromatic nitrogens is 5. The minimum Gasteiger partial charge on any atom is -0.352 e. The van der Waals surface area contributed by atoms with Gasteiger partial charge in [0.2, 0.25) is 5.65 Å². The number of rotatable bonds is 3. The van der Waals surface area contributed by atoms with E-state index in [1.54, 1.807) is 6.20 Å². The fraction of sp³-hybridized carbons (Fsp3) is 0.500. The molecule has 0 aromatic carbocycles. The van der Waals surface area contributed by atoms with Crippen molar-refractivity contribution in [3.05, 3.63) is 29.3 Å². The second-order valence-corrected chi connectivity index (χ2v) is 7.09. The summed E-state index contributed by atoms with van der Waals surface area (Å²) in [5, 5.41) is 9.95. The highest BCUT2D eigenvalue weighted by molar-refractivity contribution is 7.13. The quantitative estimate of drug-likeness (QED) is 0.677. The van der Waals surface area contributed by atoms with Gasteiger partial charge in [-0.1, -0.05) is 6.92 Å². The Morgan fingerprint density at radius 1 is 1.11 bits per heavy atom. The lowest BCUT2D eigenvalue weighted by atomic mass is 10.4. The highest BCUT2D eigenvalue weighted by Gasteiger charge is 2.34. The van der Waals surface area contributed by atoms with E-state index < -0.39 is 11.9 Å². The number of alkyl halides is 3. The Morgan fingerprint density at radius 3 is 2.63 bits per heavy atom. The predicted molar refractivity (Wildman–Crippen MR) is 96.3 cm³/mol. The van der Waals surface area contributed by atoms with E-state index in [0.29, 0.717) is 30.4 Å². The van der Waals surface area contributed by atoms with Gasteiger partial charge < -0.3 is 9.80 Å². The lowest BCUT2D eigenvalue weighted by molar-refractivity contribution is -0.140. The molecule has 144 valence electrons. The Hall–Kier alpha value is -2.43. The standard InChI is InChI=1S/C16H18F3N7S/c1-2-12-22-23-14-13(20-4-7-26(12)14)24-5-3-6-25(9-8-24)15-21-11(10-27-15)16(17,18)19/h4,7,10H,2-3,5-6,8-9H2,1H3. The van der Waals surface area contributed by atoms with Crippen LogP contribution in [-0.2, 0) is 12.6 Å². The summed E-state index contributed by atoms with van der Waals surface area (Å²) in [4.78, 5) is 12.3. The number of fused-ring (bicyclic) bond motifs is 1. The summed E-state index contributed by atoms with van der Waals surface area (Å²) in [6.07, 6.45) is 0.721. The number of nitrogens with zero attached hydrogens (tertiary/aromatic N) is 7. The van der Waals surface area contributed by atoms with Gasteiger partial charge in [-0.3, -0.25) is 4.40 Å². The minimum atomic E-state index is -4.41. The van der Waals surface area contributed by atoms with E-state index in [-0.39, 0.29) is 0 Å². The summed E-state index contributed by atoms with van der Waals surface area (Å²) in [5.74, 6) is 1.62. The van der Waals surface area contributed by atoms with Crippen LogP contribution < -0.4 is 9.80 Å². The van der Waals surface area contributed by atoms with Crippen LogP contribution in [0.4, 0.5) is 24.1 Å². The molecule has 3 aromatic heterocycles. The average Bonchev–Trinajstić information content (AvgIpc) is 3.23. The maximum Gasteiger partial charge on any atom is 0.434 e. The van der Waals surface area contributed by atoms with Crippen molar-refractivity contribution in [2.24, 2.45) is 0 Å². The van der Waals surface area contributed by atoms with E-state index >= 15 is 0 Å². The van der Waals surface area contributed by atoms with Gasteiger partial charge in [0.1, 0.15) is 5.82 Å². The number of anilines is 2. The van der Waals surface area contributed by atoms with Crippen molar-refractivity contribution in [3.63, 3.8) is 0 Å². The summed E-state index contributed by atoms with van der Waals surface area (Å²) >= 11 is 1.03. The summed E-state index contributed by atoms with van der Waals surface area (Å²) in [6, 6.07) is 0. The molecule has 0 amide bonds. The summed E-state index contributed by atoms with van der Waals surface area (Å²) in [6.45, 7) is 4.61. The van der Waals surface area contributed by atoms with E-state index in [1.807, 2.05) is 22.4 Å². The molecule has 7 nitrogen and oxygen atoms in total. The zero-order valence-corrected chi connectivity index (χ0v) is 15.5. The predicted octanol–water partition coefficient (Wildman–Crippen LogP) is 2.88. The topological polar surface area (TPSA) is 62.5 Å². The summed E-state index contributed by atoms with van der Waals surface area (Å²) < 4.78 is 40.3. The van der Waals surface area contributed by atoms with Crippen molar-refractivity contribution in [3.8, 4) is 0 Å². The van der Waals surface area contributed by atoms with Gasteiger partial charge in [0, 0.05) is 50.4 Å². The van der Waals surface area contributed by atoms with Crippen molar-refractivity contribution in [2.45, 2.75) is 25.9 Å². The van der Waals surface area contributed by atoms with Gasteiger partial charge in [-0.05, 0) is 6.42 Å². The number of hydrogen-bond acceptors (Lipinski definition) is 7. The zero-order chi connectivity index (χ0) is 19.0. The molecule has 0 aliphatic carbocycles. The van der Waals surface area contributed by atoms with Gasteiger partial charge in [-0.15, -0.1) is 21.5 Å². The largest absolute Gasteiger partial charge is 0.434 e. The first-order chi connectivity index (χ1) is 13.0. The van der Waals surface area contributed by atoms with Crippen LogP contribution in [0.15, 0.2) is 17.8 Å². The fourth-order valence-electron chi connectivity index (χ4n) is 3.19. The molecule has 3 aromatic rings. The maximum atomic E-state index is 12.8. The molecule has 0 saturated carbocycles. The van der Waals surface area contributed by atoms with Crippen molar-refractivity contribution in [1.29, 1.82) is 0 Å². The molecule has 0 atom stereocenters. The molecule has 0 unspecified atom stereocenters. The Bertz CT molecular complexity index is 936. The van der Waals surface area contributed by atoms with Crippen molar-refractivity contribution >= 4 is 27.9 Å². The molecule has 0 spiro atoms. The SMILES string of the molecule is CCc1nnc2c(N3CCCN(c4nc(C(F)(F)F)cs4)CC3)nccn12. The average molecular weight is 397 g/mol. The molecule has 0 bridgehead atoms. The lowest BCUT2D eigenvalue weighted by Crippen LogP contribution is -2.31. The molecular formula is C16H18F3N7S. The molecule has 1 aliphatic rings. The van der Waals surface area contributed by atoms with Gasteiger partial charge in [0.05, 0.1) is 0 Å². The van der Waals surface area contributed by atoms with Crippen molar-refractivity contribution < 1.29 is 13.2 Å². The molecule has 11 heteroatoms. The smallest absolute Gasteiger partial charge is 0.352 e. The van der Waals surface area contributed by atoms with Crippen molar-refractivity contribution in [1.82, 2.24) is 24.6 Å². The first kappa shape index (κ1) is 18.0. The van der Waals surface area contributed by atoms with Gasteiger partial charge >= 0.3 is 6.18 Å². The lowest BCUT2D eigenvalue weighted by Gasteiger charge is -2.22. The van der Waals surface area contributed by atoms with E-state index in [4.69, 9.17) is 0 Å². The Morgan fingerprint density at radius 2 is 1.89 bits per heavy atom. The third-order valence-corrected chi connectivity index (χ3v) is 5.45. The van der Waals surface area contributed by atoms with Crippen LogP contribution in [0.2, 0.25) is 0 Å². The van der Waals surface area contributed by atoms with Crippen LogP contribution >= 0.6 is 11.3 Å². The van der Waals surface area contributed by atoms with Crippen LogP contribution in [0.25, 0.3) is 5.65 Å². The third-order valence-electron chi connectivity index (χ3n) is 4.54. The minimum absolute atomic E-state index is 0.408. The second kappa shape index (κ2) is 6.95. The fourth-order valence-corrected chi connectivity index (χ4v) is 4.07. The summed E-state index contributed by atoms with van der Waals surface area (Å²) in [7, 11) is 0. The Labute approximate surface area is 157 Å². The molecule has 0 N–H and O–H groups in total. The van der Waals surface area contributed by atoms with Gasteiger partial charge in [-0.2, -0.15) is 13.2 Å². The van der Waals surface area contributed by atoms with E-state index in [2.05, 4.69) is 25.1 Å². The number of halogens is 3. The van der Waals surface area contributed by atoms with E-state index in [9.17, 15) is 13.2 Å². The maximum absolute atomic E-state index is 12.8. The van der Waals surface area contributed by atoms with Crippen molar-refractivity contribution in [2.75, 3.05) is 36.0 Å². The zero-order valence-electron chi connectivity index (χ0n) is 14.6. The van der Waals surface area contributed by atoms with Crippen LogP contribution in [0.5, 0.6) is 0 Å². The van der Waals surface area contributed by atoms with Gasteiger partial charge in [0.15, 0.2) is 16.6 Å². The molecule has 27 heavy (non-hydrogen) atoms. The molecular weight excluding hydrogens is 379 g/mol. The number of thiazole rings is 1. The Balaban J connectivity index is 1.54. The summed E-state index contributed by atoms with van der Waals surface area (Å²) in [5.41, 5.74) is -0.123. The number of aryl methyl sites for hydroxylation is 1. The molecule has 0 radical (unpaired) electrons. The first-order valence-corrected chi connectivity index (χ1v) is 9.56. The highest BCUT2D eigenvalue weighted by atomic mass is 32.1. The van der Waals surface area contributed by atoms with Crippen LogP contribution in [0.3, 0.4) is 0 Å². The number of hydrogen-bond donors (Lipinski definition) is 0.